The van der Waals surface area contributed by atoms with Crippen LogP contribution >= 0.6 is 18.9 Å². The fraction of sp³-hybridized carbons (Fsp3) is 0.760. The maximum atomic E-state index is 7.22. The predicted molar refractivity (Wildman–Crippen MR) is 126 cm³/mol. The zero-order chi connectivity index (χ0) is 20.7. The average Bonchev–Trinajstić information content (AvgIpc) is 3.28. The van der Waals surface area contributed by atoms with E-state index in [9.17, 15) is 0 Å². The van der Waals surface area contributed by atoms with Crippen molar-refractivity contribution in [2.24, 2.45) is 0 Å². The van der Waals surface area contributed by atoms with E-state index in [4.69, 9.17) is 11.6 Å². The molecule has 0 N–H and O–H groups in total. The van der Waals surface area contributed by atoms with Gasteiger partial charge in [-0.25, -0.2) is 0 Å². The van der Waals surface area contributed by atoms with Crippen molar-refractivity contribution in [3.8, 4) is 0 Å². The molecule has 0 saturated heterocycles. The molecule has 28 heavy (non-hydrogen) atoms. The zero-order valence-corrected chi connectivity index (χ0v) is 22.1. The van der Waals surface area contributed by atoms with Crippen molar-refractivity contribution in [2.45, 2.75) is 119 Å². The van der Waals surface area contributed by atoms with Gasteiger partial charge < -0.3 is 0 Å². The number of halogens is 1. The molecule has 163 valence electrons. The molecule has 1 atom stereocenters. The first-order chi connectivity index (χ1) is 13.0. The predicted octanol–water partition coefficient (Wildman–Crippen LogP) is 7.61. The number of hydrogen-bond acceptors (Lipinski definition) is 0. The van der Waals surface area contributed by atoms with Gasteiger partial charge in [0, 0.05) is 0 Å². The third-order valence-corrected chi connectivity index (χ3v) is 16.7. The second-order valence-electron chi connectivity index (χ2n) is 11.5. The van der Waals surface area contributed by atoms with Crippen LogP contribution in [-0.4, -0.2) is 14.9 Å². The van der Waals surface area contributed by atoms with Crippen LogP contribution in [0.15, 0.2) is 18.2 Å². The van der Waals surface area contributed by atoms with Gasteiger partial charge in [-0.05, 0) is 0 Å². The van der Waals surface area contributed by atoms with Gasteiger partial charge in [0.2, 0.25) is 0 Å². The van der Waals surface area contributed by atoms with Crippen molar-refractivity contribution in [2.75, 3.05) is 0 Å². The molecule has 0 amide bonds. The number of hydrogen-bond donors (Lipinski definition) is 0. The van der Waals surface area contributed by atoms with Crippen LogP contribution < -0.4 is 5.30 Å². The van der Waals surface area contributed by atoms with Gasteiger partial charge in [-0.15, -0.1) is 0 Å². The van der Waals surface area contributed by atoms with Crippen LogP contribution in [0.2, 0.25) is 0 Å². The van der Waals surface area contributed by atoms with E-state index in [1.807, 2.05) is 0 Å². The Bertz CT molecular complexity index is 623. The summed E-state index contributed by atoms with van der Waals surface area (Å²) in [6.45, 7) is 14.2. The summed E-state index contributed by atoms with van der Waals surface area (Å²) in [6, 6.07) is 7.67. The number of benzene rings is 1. The molecule has 0 aromatic heterocycles. The van der Waals surface area contributed by atoms with Crippen molar-refractivity contribution in [3.05, 3.63) is 29.3 Å². The summed E-state index contributed by atoms with van der Waals surface area (Å²) in [5.74, 6) is 0. The standard InChI is InChI=1S/C25H41ClP.Pd/c1-24(2,3)19-15-20(25(4,5)6)17-23(16-19)27(18-26,21-11-7-8-12-21)22-13-9-10-14-22;/h15-18,21-22,27H,7-14H2,1-6H3;. The van der Waals surface area contributed by atoms with Crippen molar-refractivity contribution in [3.63, 3.8) is 0 Å². The van der Waals surface area contributed by atoms with Crippen molar-refractivity contribution < 1.29 is 19.2 Å². The van der Waals surface area contributed by atoms with E-state index in [1.54, 1.807) is 5.30 Å². The molecule has 2 fully saturated rings. The summed E-state index contributed by atoms with van der Waals surface area (Å²) >= 11 is 10.9. The molecule has 0 nitrogen and oxygen atoms in total. The van der Waals surface area contributed by atoms with E-state index in [-0.39, 0.29) is 14.4 Å². The Balaban J connectivity index is 2.26. The van der Waals surface area contributed by atoms with Crippen molar-refractivity contribution >= 4 is 24.2 Å². The van der Waals surface area contributed by atoms with Gasteiger partial charge in [0.15, 0.2) is 0 Å². The number of alkyl halides is 1. The van der Waals surface area contributed by atoms with Crippen LogP contribution in [-0.2, 0) is 30.0 Å². The van der Waals surface area contributed by atoms with Crippen molar-refractivity contribution in [1.82, 2.24) is 0 Å². The summed E-state index contributed by atoms with van der Waals surface area (Å²) in [7, 11) is -1.90. The summed E-state index contributed by atoms with van der Waals surface area (Å²) in [5.41, 5.74) is 5.01. The van der Waals surface area contributed by atoms with Gasteiger partial charge in [-0.3, -0.25) is 0 Å². The first-order valence-corrected chi connectivity index (χ1v) is 14.9. The van der Waals surface area contributed by atoms with Crippen LogP contribution in [0.3, 0.4) is 0 Å². The molecule has 1 aromatic carbocycles. The Hall–Kier alpha value is 0.602. The van der Waals surface area contributed by atoms with Crippen LogP contribution in [0.25, 0.3) is 0 Å². The minimum atomic E-state index is -1.90. The van der Waals surface area contributed by atoms with E-state index >= 15 is 0 Å². The van der Waals surface area contributed by atoms with E-state index in [0.29, 0.717) is 0 Å². The molecule has 2 aliphatic rings. The van der Waals surface area contributed by atoms with Gasteiger partial charge in [-0.2, -0.15) is 0 Å². The van der Waals surface area contributed by atoms with E-state index in [2.05, 4.69) is 78.9 Å². The molecule has 3 heteroatoms. The zero-order valence-electron chi connectivity index (χ0n) is 18.8. The van der Waals surface area contributed by atoms with Crippen LogP contribution in [0.1, 0.15) is 104 Å². The summed E-state index contributed by atoms with van der Waals surface area (Å²) in [5, 5.41) is 1.66. The maximum absolute atomic E-state index is 7.22. The third-order valence-electron chi connectivity index (χ3n) is 7.56. The SMILES string of the molecule is CC(C)(C)c1cc(C(C)(C)C)cc([PH]([CH](Cl)[Pd])(C2CCCC2)C2CCCC2)c1. The molecule has 2 saturated carbocycles. The van der Waals surface area contributed by atoms with Gasteiger partial charge in [0.25, 0.3) is 0 Å². The monoisotopic (exact) mass is 513 g/mol. The second-order valence-corrected chi connectivity index (χ2v) is 19.1. The van der Waals surface area contributed by atoms with Gasteiger partial charge in [-0.1, -0.05) is 0 Å². The average molecular weight is 514 g/mol. The molecule has 0 spiro atoms. The Kier molecular flexibility index (Phi) is 7.16. The van der Waals surface area contributed by atoms with Gasteiger partial charge in [0.05, 0.1) is 0 Å². The molecule has 0 bridgehead atoms. The quantitative estimate of drug-likeness (QED) is 0.220. The van der Waals surface area contributed by atoms with Crippen molar-refractivity contribution in [1.29, 1.82) is 0 Å². The van der Waals surface area contributed by atoms with E-state index < -0.39 is 7.26 Å². The Morgan fingerprint density at radius 1 is 0.786 bits per heavy atom. The second kappa shape index (κ2) is 8.62. The summed E-state index contributed by atoms with van der Waals surface area (Å²) in [4.78, 5) is 0. The van der Waals surface area contributed by atoms with Gasteiger partial charge >= 0.3 is 191 Å². The third kappa shape index (κ3) is 4.45. The Labute approximate surface area is 190 Å². The Morgan fingerprint density at radius 3 is 1.43 bits per heavy atom. The molecule has 0 radical (unpaired) electrons. The summed E-state index contributed by atoms with van der Waals surface area (Å²) in [6.07, 6.45) is 11.2. The first-order valence-electron chi connectivity index (χ1n) is 11.4. The first kappa shape index (κ1) is 23.3. The van der Waals surface area contributed by atoms with Crippen LogP contribution in [0, 0.1) is 0 Å². The fourth-order valence-corrected chi connectivity index (χ4v) is 16.3. The normalized spacial score (nSPS) is 22.0. The number of rotatable bonds is 4. The van der Waals surface area contributed by atoms with E-state index in [0.717, 1.165) is 11.3 Å². The fourth-order valence-electron chi connectivity index (χ4n) is 5.80. The molecule has 1 aromatic rings. The molecule has 0 aliphatic heterocycles. The molecular weight excluding hydrogens is 473 g/mol. The van der Waals surface area contributed by atoms with Gasteiger partial charge in [0.1, 0.15) is 0 Å². The Morgan fingerprint density at radius 2 is 1.14 bits per heavy atom. The molecule has 0 heterocycles. The molecule has 3 rings (SSSR count). The molecular formula is C25H41ClPPd. The van der Waals surface area contributed by atoms with Crippen LogP contribution in [0.4, 0.5) is 0 Å². The molecule has 1 unspecified atom stereocenters. The molecule has 2 aliphatic carbocycles. The summed E-state index contributed by atoms with van der Waals surface area (Å²) < 4.78 is 0.171. The van der Waals surface area contributed by atoms with Crippen LogP contribution in [0.5, 0.6) is 0 Å². The van der Waals surface area contributed by atoms with E-state index in [1.165, 1.54) is 62.5 Å². The minimum absolute atomic E-state index is 0.165. The topological polar surface area (TPSA) is 0 Å².